The summed E-state index contributed by atoms with van der Waals surface area (Å²) in [5.74, 6) is 1.37. The molecule has 0 radical (unpaired) electrons. The zero-order valence-corrected chi connectivity index (χ0v) is 19.2. The topological polar surface area (TPSA) is 85.8 Å². The summed E-state index contributed by atoms with van der Waals surface area (Å²) in [5, 5.41) is 8.23. The normalized spacial score (nSPS) is 16.1. The number of hydrogen-bond donors (Lipinski definition) is 1. The van der Waals surface area contributed by atoms with Crippen molar-refractivity contribution < 1.29 is 9.32 Å². The van der Waals surface area contributed by atoms with Crippen molar-refractivity contribution in [2.75, 3.05) is 5.75 Å². The van der Waals surface area contributed by atoms with Gasteiger partial charge in [-0.05, 0) is 43.9 Å². The van der Waals surface area contributed by atoms with Gasteiger partial charge in [0.15, 0.2) is 11.0 Å². The van der Waals surface area contributed by atoms with Crippen LogP contribution in [0.5, 0.6) is 0 Å². The Morgan fingerprint density at radius 2 is 1.97 bits per heavy atom. The van der Waals surface area contributed by atoms with Gasteiger partial charge in [-0.3, -0.25) is 9.36 Å². The summed E-state index contributed by atoms with van der Waals surface area (Å²) in [6.07, 6.45) is 9.79. The molecule has 0 saturated heterocycles. The molecule has 1 fully saturated rings. The van der Waals surface area contributed by atoms with Crippen LogP contribution in [-0.2, 0) is 10.3 Å². The van der Waals surface area contributed by atoms with Crippen LogP contribution in [0.1, 0.15) is 61.4 Å². The number of benzene rings is 1. The third-order valence-corrected chi connectivity index (χ3v) is 6.82. The lowest BCUT2D eigenvalue weighted by Crippen LogP contribution is -2.47. The van der Waals surface area contributed by atoms with Crippen molar-refractivity contribution in [3.8, 4) is 5.69 Å². The summed E-state index contributed by atoms with van der Waals surface area (Å²) in [6.45, 7) is 5.94. The van der Waals surface area contributed by atoms with Crippen LogP contribution >= 0.6 is 11.8 Å². The standard InChI is InChI=1S/C23H29N5O2S/c1-16-8-9-17(2)19(14-16)28-13-12-24-22(28)31-15-20(29)26-23(10-6-4-5-7-11-23)21-25-18(3)30-27-21/h8-9,12-14H,4-7,10-11,15H2,1-3H3,(H,26,29). The zero-order chi connectivity index (χ0) is 21.8. The van der Waals surface area contributed by atoms with Crippen LogP contribution in [0.4, 0.5) is 0 Å². The second-order valence-electron chi connectivity index (χ2n) is 8.34. The van der Waals surface area contributed by atoms with E-state index in [1.807, 2.05) is 10.8 Å². The second-order valence-corrected chi connectivity index (χ2v) is 9.28. The zero-order valence-electron chi connectivity index (χ0n) is 18.4. The van der Waals surface area contributed by atoms with E-state index in [1.54, 1.807) is 13.1 Å². The van der Waals surface area contributed by atoms with Crippen molar-refractivity contribution in [3.05, 3.63) is 53.4 Å². The molecule has 8 heteroatoms. The van der Waals surface area contributed by atoms with E-state index in [0.29, 0.717) is 11.7 Å². The minimum absolute atomic E-state index is 0.0372. The first-order valence-electron chi connectivity index (χ1n) is 10.8. The number of imidazole rings is 1. The maximum atomic E-state index is 13.0. The Morgan fingerprint density at radius 3 is 2.68 bits per heavy atom. The molecule has 31 heavy (non-hydrogen) atoms. The minimum atomic E-state index is -0.547. The fourth-order valence-electron chi connectivity index (χ4n) is 4.22. The molecule has 1 aliphatic carbocycles. The number of aryl methyl sites for hydroxylation is 3. The van der Waals surface area contributed by atoms with Gasteiger partial charge >= 0.3 is 0 Å². The Labute approximate surface area is 187 Å². The van der Waals surface area contributed by atoms with E-state index in [0.717, 1.165) is 49.4 Å². The van der Waals surface area contributed by atoms with Gasteiger partial charge in [0.1, 0.15) is 5.54 Å². The maximum Gasteiger partial charge on any atom is 0.231 e. The molecule has 1 amide bonds. The molecular weight excluding hydrogens is 410 g/mol. The SMILES string of the molecule is Cc1ccc(C)c(-n2ccnc2SCC(=O)NC2(c3noc(C)n3)CCCCCC2)c1. The lowest BCUT2D eigenvalue weighted by atomic mass is 9.89. The molecule has 0 bridgehead atoms. The predicted octanol–water partition coefficient (Wildman–Crippen LogP) is 4.64. The van der Waals surface area contributed by atoms with E-state index >= 15 is 0 Å². The minimum Gasteiger partial charge on any atom is -0.342 e. The summed E-state index contributed by atoms with van der Waals surface area (Å²) in [5.41, 5.74) is 2.89. The second kappa shape index (κ2) is 9.26. The van der Waals surface area contributed by atoms with E-state index in [9.17, 15) is 4.79 Å². The average molecular weight is 440 g/mol. The molecule has 0 spiro atoms. The number of aromatic nitrogens is 4. The third kappa shape index (κ3) is 4.84. The van der Waals surface area contributed by atoms with Gasteiger partial charge in [-0.15, -0.1) is 0 Å². The molecule has 0 aliphatic heterocycles. The molecule has 164 valence electrons. The number of carbonyl (C=O) groups is 1. The number of thioether (sulfide) groups is 1. The molecule has 1 N–H and O–H groups in total. The van der Waals surface area contributed by atoms with Gasteiger partial charge < -0.3 is 9.84 Å². The van der Waals surface area contributed by atoms with Crippen molar-refractivity contribution in [2.45, 2.75) is 70.0 Å². The quantitative estimate of drug-likeness (QED) is 0.445. The van der Waals surface area contributed by atoms with Crippen molar-refractivity contribution in [3.63, 3.8) is 0 Å². The number of carbonyl (C=O) groups excluding carboxylic acids is 1. The first-order chi connectivity index (χ1) is 15.0. The highest BCUT2D eigenvalue weighted by Crippen LogP contribution is 2.35. The number of rotatable bonds is 6. The number of nitrogens with zero attached hydrogens (tertiary/aromatic N) is 4. The Kier molecular flexibility index (Phi) is 6.46. The van der Waals surface area contributed by atoms with Gasteiger partial charge in [-0.2, -0.15) is 4.98 Å². The Hall–Kier alpha value is -2.61. The van der Waals surface area contributed by atoms with Crippen molar-refractivity contribution in [2.24, 2.45) is 0 Å². The van der Waals surface area contributed by atoms with Crippen LogP contribution in [0.3, 0.4) is 0 Å². The van der Waals surface area contributed by atoms with Crippen LogP contribution in [-0.4, -0.2) is 31.4 Å². The molecule has 0 unspecified atom stereocenters. The summed E-state index contributed by atoms with van der Waals surface area (Å²) >= 11 is 1.44. The Balaban J connectivity index is 1.49. The molecule has 1 aromatic carbocycles. The monoisotopic (exact) mass is 439 g/mol. The van der Waals surface area contributed by atoms with E-state index < -0.39 is 5.54 Å². The summed E-state index contributed by atoms with van der Waals surface area (Å²) in [7, 11) is 0. The van der Waals surface area contributed by atoms with Crippen LogP contribution < -0.4 is 5.32 Å². The fourth-order valence-corrected chi connectivity index (χ4v) is 4.99. The van der Waals surface area contributed by atoms with Crippen LogP contribution in [0.2, 0.25) is 0 Å². The van der Waals surface area contributed by atoms with Gasteiger partial charge in [0.05, 0.1) is 11.4 Å². The molecule has 3 aromatic rings. The molecule has 0 atom stereocenters. The van der Waals surface area contributed by atoms with Gasteiger partial charge in [0.25, 0.3) is 0 Å². The fraction of sp³-hybridized carbons (Fsp3) is 0.478. The van der Waals surface area contributed by atoms with Gasteiger partial charge in [-0.1, -0.05) is 54.7 Å². The van der Waals surface area contributed by atoms with Crippen molar-refractivity contribution >= 4 is 17.7 Å². The summed E-state index contributed by atoms with van der Waals surface area (Å²) in [4.78, 5) is 22.0. The number of nitrogens with one attached hydrogen (secondary N) is 1. The summed E-state index contributed by atoms with van der Waals surface area (Å²) < 4.78 is 7.28. The predicted molar refractivity (Wildman–Crippen MR) is 120 cm³/mol. The first-order valence-corrected chi connectivity index (χ1v) is 11.8. The number of amides is 1. The first kappa shape index (κ1) is 21.6. The molecule has 2 aromatic heterocycles. The number of hydrogen-bond acceptors (Lipinski definition) is 6. The summed E-state index contributed by atoms with van der Waals surface area (Å²) in [6, 6.07) is 6.34. The average Bonchev–Trinajstić information content (AvgIpc) is 3.33. The highest BCUT2D eigenvalue weighted by atomic mass is 32.2. The van der Waals surface area contributed by atoms with Crippen LogP contribution in [0.25, 0.3) is 5.69 Å². The van der Waals surface area contributed by atoms with Gasteiger partial charge in [-0.25, -0.2) is 4.98 Å². The molecule has 7 nitrogen and oxygen atoms in total. The lowest BCUT2D eigenvalue weighted by molar-refractivity contribution is -0.120. The molecule has 2 heterocycles. The highest BCUT2D eigenvalue weighted by molar-refractivity contribution is 7.99. The van der Waals surface area contributed by atoms with E-state index in [-0.39, 0.29) is 11.7 Å². The highest BCUT2D eigenvalue weighted by Gasteiger charge is 2.38. The smallest absolute Gasteiger partial charge is 0.231 e. The maximum absolute atomic E-state index is 13.0. The van der Waals surface area contributed by atoms with E-state index in [4.69, 9.17) is 4.52 Å². The van der Waals surface area contributed by atoms with Gasteiger partial charge in [0, 0.05) is 19.3 Å². The Morgan fingerprint density at radius 1 is 1.19 bits per heavy atom. The largest absolute Gasteiger partial charge is 0.342 e. The van der Waals surface area contributed by atoms with Crippen LogP contribution in [0, 0.1) is 20.8 Å². The lowest BCUT2D eigenvalue weighted by Gasteiger charge is -2.30. The molecular formula is C23H29N5O2S. The molecule has 4 rings (SSSR count). The molecule has 1 aliphatic rings. The van der Waals surface area contributed by atoms with E-state index in [1.165, 1.54) is 22.9 Å². The third-order valence-electron chi connectivity index (χ3n) is 5.85. The van der Waals surface area contributed by atoms with Gasteiger partial charge in [0.2, 0.25) is 11.8 Å². The van der Waals surface area contributed by atoms with Crippen molar-refractivity contribution in [1.82, 2.24) is 25.0 Å². The van der Waals surface area contributed by atoms with E-state index in [2.05, 4.69) is 52.5 Å². The van der Waals surface area contributed by atoms with Crippen LogP contribution in [0.15, 0.2) is 40.3 Å². The molecule has 1 saturated carbocycles. The Bertz CT molecular complexity index is 1050. The van der Waals surface area contributed by atoms with Crippen molar-refractivity contribution in [1.29, 1.82) is 0 Å².